The number of carbonyl (C=O) groups excluding carboxylic acids is 4. The highest BCUT2D eigenvalue weighted by molar-refractivity contribution is 7.94. The van der Waals surface area contributed by atoms with Gasteiger partial charge in [0.15, 0.2) is 4.87 Å². The fraction of sp³-hybridized carbons (Fsp3) is 0.613. The van der Waals surface area contributed by atoms with Crippen LogP contribution in [-0.4, -0.2) is 71.3 Å². The smallest absolute Gasteiger partial charge is 0.419 e. The summed E-state index contributed by atoms with van der Waals surface area (Å²) in [4.78, 5) is 53.9. The van der Waals surface area contributed by atoms with Gasteiger partial charge in [-0.1, -0.05) is 44.1 Å². The van der Waals surface area contributed by atoms with E-state index in [2.05, 4.69) is 10.0 Å². The maximum Gasteiger partial charge on any atom is 0.419 e. The SMILES string of the molecule is CCc1ccc(NS(=O)(=O)[C@]23C[C@H]2/C=C\CCCCC[C@H](N(C(N)=O)C(=O)OC(C)(C)C)C(=O)N2CCC[C@H]2C(=O)N3)cc1. The standard InChI is InChI=1S/C31H45N5O7S/c1-5-21-15-17-23(18-16-21)34-44(41,42)31-20-22(31)12-9-7-6-8-10-13-25(36(28(32)39)29(40)43-30(2,3)4)27(38)35-19-11-14-24(35)26(37)33-31/h9,12,15-18,22,24-25,34H,5-8,10-11,13-14,19-20H2,1-4H3,(H2,32,39)(H,33,37)/b12-9-/t22-,24+,25+,31-/m1/s1. The van der Waals surface area contributed by atoms with E-state index in [1.54, 1.807) is 32.9 Å². The first-order valence-corrected chi connectivity index (χ1v) is 16.9. The summed E-state index contributed by atoms with van der Waals surface area (Å²) < 4.78 is 35.7. The number of nitrogens with one attached hydrogen (secondary N) is 2. The molecular weight excluding hydrogens is 586 g/mol. The van der Waals surface area contributed by atoms with Crippen molar-refractivity contribution in [3.8, 4) is 0 Å². The number of primary amides is 1. The highest BCUT2D eigenvalue weighted by Gasteiger charge is 2.64. The minimum atomic E-state index is -4.10. The largest absolute Gasteiger partial charge is 0.443 e. The van der Waals surface area contributed by atoms with Crippen LogP contribution < -0.4 is 15.8 Å². The number of amides is 5. The van der Waals surface area contributed by atoms with Gasteiger partial charge in [-0.05, 0) is 83.4 Å². The molecule has 0 radical (unpaired) electrons. The molecule has 13 heteroatoms. The second-order valence-electron chi connectivity index (χ2n) is 12.8. The van der Waals surface area contributed by atoms with Crippen molar-refractivity contribution < 1.29 is 32.3 Å². The summed E-state index contributed by atoms with van der Waals surface area (Å²) in [5, 5.41) is 2.80. The number of sulfonamides is 1. The van der Waals surface area contributed by atoms with Gasteiger partial charge in [-0.2, -0.15) is 0 Å². The lowest BCUT2D eigenvalue weighted by atomic mass is 10.0. The number of rotatable bonds is 5. The van der Waals surface area contributed by atoms with Crippen LogP contribution in [0.3, 0.4) is 0 Å². The van der Waals surface area contributed by atoms with Crippen LogP contribution in [0.25, 0.3) is 0 Å². The van der Waals surface area contributed by atoms with Gasteiger partial charge in [0.1, 0.15) is 17.7 Å². The Morgan fingerprint density at radius 3 is 2.45 bits per heavy atom. The van der Waals surface area contributed by atoms with Gasteiger partial charge in [0.05, 0.1) is 0 Å². The number of nitrogens with two attached hydrogens (primary N) is 1. The number of urea groups is 1. The number of hydrogen-bond donors (Lipinski definition) is 3. The van der Waals surface area contributed by atoms with Crippen molar-refractivity contribution in [3.05, 3.63) is 42.0 Å². The molecule has 2 heterocycles. The Morgan fingerprint density at radius 1 is 1.11 bits per heavy atom. The van der Waals surface area contributed by atoms with Crippen LogP contribution in [0, 0.1) is 5.92 Å². The molecule has 2 fully saturated rings. The summed E-state index contributed by atoms with van der Waals surface area (Å²) in [7, 11) is -4.10. The fourth-order valence-corrected chi connectivity index (χ4v) is 7.67. The predicted molar refractivity (Wildman–Crippen MR) is 166 cm³/mol. The Labute approximate surface area is 259 Å². The zero-order valence-corrected chi connectivity index (χ0v) is 26.8. The van der Waals surface area contributed by atoms with Crippen molar-refractivity contribution in [1.29, 1.82) is 0 Å². The van der Waals surface area contributed by atoms with Crippen molar-refractivity contribution in [1.82, 2.24) is 15.1 Å². The van der Waals surface area contributed by atoms with Gasteiger partial charge in [0.25, 0.3) is 10.0 Å². The topological polar surface area (TPSA) is 168 Å². The molecule has 3 aliphatic rings. The van der Waals surface area contributed by atoms with E-state index in [1.807, 2.05) is 31.2 Å². The Hall–Kier alpha value is -3.61. The molecule has 4 N–H and O–H groups in total. The highest BCUT2D eigenvalue weighted by Crippen LogP contribution is 2.50. The minimum absolute atomic E-state index is 0.150. The molecule has 0 aromatic heterocycles. The number of fused-ring (bicyclic) bond motifs is 2. The lowest BCUT2D eigenvalue weighted by Crippen LogP contribution is -2.59. The van der Waals surface area contributed by atoms with Crippen LogP contribution in [0.4, 0.5) is 15.3 Å². The van der Waals surface area contributed by atoms with Gasteiger partial charge in [0, 0.05) is 18.2 Å². The van der Waals surface area contributed by atoms with Crippen LogP contribution in [0.2, 0.25) is 0 Å². The van der Waals surface area contributed by atoms with Crippen LogP contribution in [-0.2, 0) is 30.8 Å². The molecule has 1 saturated carbocycles. The number of benzene rings is 1. The van der Waals surface area contributed by atoms with E-state index < -0.39 is 62.4 Å². The van der Waals surface area contributed by atoms with Crippen molar-refractivity contribution in [2.24, 2.45) is 11.7 Å². The molecule has 0 unspecified atom stereocenters. The molecule has 1 aromatic rings. The Bertz CT molecular complexity index is 1390. The van der Waals surface area contributed by atoms with Gasteiger partial charge in [-0.25, -0.2) is 22.9 Å². The van der Waals surface area contributed by atoms with E-state index in [4.69, 9.17) is 10.5 Å². The zero-order chi connectivity index (χ0) is 32.3. The average Bonchev–Trinajstić information content (AvgIpc) is 3.41. The van der Waals surface area contributed by atoms with Gasteiger partial charge >= 0.3 is 12.1 Å². The summed E-state index contributed by atoms with van der Waals surface area (Å²) in [5.74, 6) is -1.64. The van der Waals surface area contributed by atoms with Crippen LogP contribution in [0.15, 0.2) is 36.4 Å². The molecule has 242 valence electrons. The molecule has 4 atom stereocenters. The number of carbonyl (C=O) groups is 4. The average molecular weight is 632 g/mol. The van der Waals surface area contributed by atoms with E-state index in [0.29, 0.717) is 42.7 Å². The van der Waals surface area contributed by atoms with E-state index in [-0.39, 0.29) is 19.4 Å². The van der Waals surface area contributed by atoms with Gasteiger partial charge in [0.2, 0.25) is 11.8 Å². The van der Waals surface area contributed by atoms with E-state index in [0.717, 1.165) is 18.4 Å². The van der Waals surface area contributed by atoms with E-state index in [9.17, 15) is 27.6 Å². The van der Waals surface area contributed by atoms with Crippen LogP contribution >= 0.6 is 0 Å². The summed E-state index contributed by atoms with van der Waals surface area (Å²) >= 11 is 0. The minimum Gasteiger partial charge on any atom is -0.443 e. The Balaban J connectivity index is 1.64. The summed E-state index contributed by atoms with van der Waals surface area (Å²) in [6.07, 6.45) is 7.29. The number of aryl methyl sites for hydroxylation is 1. The molecule has 1 aromatic carbocycles. The number of imide groups is 1. The maximum absolute atomic E-state index is 14.0. The quantitative estimate of drug-likeness (QED) is 0.413. The molecule has 0 spiro atoms. The molecule has 4 rings (SSSR count). The first kappa shape index (κ1) is 33.3. The molecule has 1 saturated heterocycles. The molecule has 44 heavy (non-hydrogen) atoms. The molecule has 2 aliphatic heterocycles. The number of nitrogens with zero attached hydrogens (tertiary/aromatic N) is 2. The Kier molecular flexibility index (Phi) is 9.96. The molecule has 5 amide bonds. The summed E-state index contributed by atoms with van der Waals surface area (Å²) in [6.45, 7) is 7.13. The van der Waals surface area contributed by atoms with Crippen LogP contribution in [0.1, 0.15) is 84.6 Å². The molecule has 12 nitrogen and oxygen atoms in total. The van der Waals surface area contributed by atoms with Crippen molar-refractivity contribution in [2.75, 3.05) is 11.3 Å². The maximum atomic E-state index is 14.0. The Morgan fingerprint density at radius 2 is 1.82 bits per heavy atom. The second kappa shape index (κ2) is 13.2. The monoisotopic (exact) mass is 631 g/mol. The number of anilines is 1. The third kappa shape index (κ3) is 7.36. The second-order valence-corrected chi connectivity index (χ2v) is 14.7. The number of ether oxygens (including phenoxy) is 1. The summed E-state index contributed by atoms with van der Waals surface area (Å²) in [5.41, 5.74) is 6.13. The third-order valence-electron chi connectivity index (χ3n) is 8.37. The fourth-order valence-electron chi connectivity index (χ4n) is 5.93. The third-order valence-corrected chi connectivity index (χ3v) is 10.4. The number of allylic oxidation sites excluding steroid dienone is 1. The van der Waals surface area contributed by atoms with Crippen LogP contribution in [0.5, 0.6) is 0 Å². The summed E-state index contributed by atoms with van der Waals surface area (Å²) in [6, 6.07) is 3.71. The molecule has 0 bridgehead atoms. The predicted octanol–water partition coefficient (Wildman–Crippen LogP) is 4.02. The van der Waals surface area contributed by atoms with Crippen molar-refractivity contribution in [3.63, 3.8) is 0 Å². The van der Waals surface area contributed by atoms with Crippen molar-refractivity contribution >= 4 is 39.6 Å². The van der Waals surface area contributed by atoms with Gasteiger partial charge in [-0.3, -0.25) is 14.3 Å². The lowest BCUT2D eigenvalue weighted by Gasteiger charge is -2.34. The molecule has 1 aliphatic carbocycles. The van der Waals surface area contributed by atoms with E-state index in [1.165, 1.54) is 4.90 Å². The van der Waals surface area contributed by atoms with Gasteiger partial charge < -0.3 is 20.7 Å². The van der Waals surface area contributed by atoms with Crippen molar-refractivity contribution in [2.45, 2.75) is 108 Å². The first-order chi connectivity index (χ1) is 20.7. The normalized spacial score (nSPS) is 27.1. The zero-order valence-electron chi connectivity index (χ0n) is 26.0. The lowest BCUT2D eigenvalue weighted by molar-refractivity contribution is -0.142. The van der Waals surface area contributed by atoms with E-state index >= 15 is 0 Å². The number of hydrogen-bond acceptors (Lipinski definition) is 7. The highest BCUT2D eigenvalue weighted by atomic mass is 32.2. The first-order valence-electron chi connectivity index (χ1n) is 15.4. The molecular formula is C31H45N5O7S. The van der Waals surface area contributed by atoms with Gasteiger partial charge in [-0.15, -0.1) is 0 Å².